The Labute approximate surface area is 137 Å². The second-order valence-corrected chi connectivity index (χ2v) is 6.60. The molecule has 0 aliphatic carbocycles. The molecule has 0 spiro atoms. The molecule has 0 aromatic heterocycles. The number of rotatable bonds is 8. The van der Waals surface area contributed by atoms with Crippen LogP contribution in [0.4, 0.5) is 0 Å². The molecule has 0 aliphatic heterocycles. The van der Waals surface area contributed by atoms with E-state index in [1.165, 1.54) is 11.1 Å². The molecule has 0 bridgehead atoms. The molecule has 0 heterocycles. The highest BCUT2D eigenvalue weighted by molar-refractivity contribution is 7.99. The van der Waals surface area contributed by atoms with Crippen molar-refractivity contribution in [3.05, 3.63) is 35.4 Å². The lowest BCUT2D eigenvalue weighted by Gasteiger charge is -2.21. The van der Waals surface area contributed by atoms with Crippen LogP contribution in [0.25, 0.3) is 0 Å². The predicted octanol–water partition coefficient (Wildman–Crippen LogP) is 2.60. The number of amides is 2. The summed E-state index contributed by atoms with van der Waals surface area (Å²) in [6.07, 6.45) is 0. The van der Waals surface area contributed by atoms with E-state index in [2.05, 4.69) is 30.4 Å². The predicted molar refractivity (Wildman–Crippen MR) is 92.9 cm³/mol. The van der Waals surface area contributed by atoms with Crippen LogP contribution in [0, 0.1) is 6.92 Å². The third-order valence-electron chi connectivity index (χ3n) is 3.10. The number of aryl methyl sites for hydroxylation is 1. The smallest absolute Gasteiger partial charge is 0.239 e. The lowest BCUT2D eigenvalue weighted by molar-refractivity contribution is -0.134. The maximum atomic E-state index is 12.2. The van der Waals surface area contributed by atoms with E-state index >= 15 is 0 Å². The number of nitrogens with one attached hydrogen (secondary N) is 1. The minimum atomic E-state index is -0.103. The van der Waals surface area contributed by atoms with Gasteiger partial charge < -0.3 is 10.2 Å². The summed E-state index contributed by atoms with van der Waals surface area (Å²) in [6, 6.07) is 8.38. The van der Waals surface area contributed by atoms with Crippen molar-refractivity contribution in [2.45, 2.75) is 39.5 Å². The van der Waals surface area contributed by atoms with Gasteiger partial charge in [-0.05, 0) is 33.3 Å². The number of benzene rings is 1. The molecule has 1 rings (SSSR count). The molecule has 122 valence electrons. The largest absolute Gasteiger partial charge is 0.352 e. The van der Waals surface area contributed by atoms with E-state index in [1.807, 2.05) is 26.8 Å². The van der Waals surface area contributed by atoms with Gasteiger partial charge in [-0.3, -0.25) is 9.59 Å². The molecule has 1 aromatic carbocycles. The second kappa shape index (κ2) is 9.51. The third-order valence-corrected chi connectivity index (χ3v) is 4.08. The van der Waals surface area contributed by atoms with E-state index in [-0.39, 0.29) is 24.4 Å². The summed E-state index contributed by atoms with van der Waals surface area (Å²) in [7, 11) is 0. The summed E-state index contributed by atoms with van der Waals surface area (Å²) in [5.41, 5.74) is 2.45. The minimum Gasteiger partial charge on any atom is -0.352 e. The average molecular weight is 322 g/mol. The number of carbonyl (C=O) groups excluding carboxylic acids is 2. The molecule has 0 unspecified atom stereocenters. The van der Waals surface area contributed by atoms with Crippen molar-refractivity contribution in [2.24, 2.45) is 0 Å². The van der Waals surface area contributed by atoms with E-state index in [0.717, 1.165) is 5.75 Å². The van der Waals surface area contributed by atoms with Crippen molar-refractivity contribution >= 4 is 23.6 Å². The van der Waals surface area contributed by atoms with Gasteiger partial charge in [-0.1, -0.05) is 29.8 Å². The van der Waals surface area contributed by atoms with Crippen LogP contribution in [0.2, 0.25) is 0 Å². The molecule has 0 saturated heterocycles. The number of carbonyl (C=O) groups is 2. The molecular formula is C17H26N2O2S. The van der Waals surface area contributed by atoms with Gasteiger partial charge in [-0.25, -0.2) is 0 Å². The van der Waals surface area contributed by atoms with Gasteiger partial charge in [0.15, 0.2) is 0 Å². The molecule has 5 heteroatoms. The fraction of sp³-hybridized carbons (Fsp3) is 0.529. The lowest BCUT2D eigenvalue weighted by Crippen LogP contribution is -2.43. The molecule has 1 aromatic rings. The van der Waals surface area contributed by atoms with E-state index in [0.29, 0.717) is 12.3 Å². The van der Waals surface area contributed by atoms with Gasteiger partial charge in [0.25, 0.3) is 0 Å². The monoisotopic (exact) mass is 322 g/mol. The first-order valence-corrected chi connectivity index (χ1v) is 8.78. The van der Waals surface area contributed by atoms with Crippen LogP contribution in [0.3, 0.4) is 0 Å². The zero-order valence-corrected chi connectivity index (χ0v) is 14.7. The average Bonchev–Trinajstić information content (AvgIpc) is 2.44. The summed E-state index contributed by atoms with van der Waals surface area (Å²) in [5, 5.41) is 2.81. The Balaban J connectivity index is 2.40. The fourth-order valence-corrected chi connectivity index (χ4v) is 2.94. The van der Waals surface area contributed by atoms with Crippen LogP contribution in [0.5, 0.6) is 0 Å². The quantitative estimate of drug-likeness (QED) is 0.800. The highest BCUT2D eigenvalue weighted by Crippen LogP contribution is 2.14. The van der Waals surface area contributed by atoms with Gasteiger partial charge in [-0.2, -0.15) is 0 Å². The van der Waals surface area contributed by atoms with Gasteiger partial charge in [0.1, 0.15) is 0 Å². The molecular weight excluding hydrogens is 296 g/mol. The zero-order valence-electron chi connectivity index (χ0n) is 13.9. The summed E-state index contributed by atoms with van der Waals surface area (Å²) in [6.45, 7) is 8.46. The van der Waals surface area contributed by atoms with Crippen molar-refractivity contribution < 1.29 is 9.59 Å². The molecule has 2 amide bonds. The van der Waals surface area contributed by atoms with Crippen molar-refractivity contribution in [1.29, 1.82) is 0 Å². The zero-order chi connectivity index (χ0) is 16.5. The summed E-state index contributed by atoms with van der Waals surface area (Å²) in [5.74, 6) is 1.12. The Hall–Kier alpha value is -1.49. The molecule has 0 radical (unpaired) electrons. The van der Waals surface area contributed by atoms with Crippen LogP contribution in [-0.4, -0.2) is 41.6 Å². The van der Waals surface area contributed by atoms with Crippen molar-refractivity contribution in [2.75, 3.05) is 18.8 Å². The minimum absolute atomic E-state index is 0.0130. The summed E-state index contributed by atoms with van der Waals surface area (Å²) < 4.78 is 0. The Morgan fingerprint density at radius 2 is 2.05 bits per heavy atom. The number of hydrogen-bond acceptors (Lipinski definition) is 3. The first-order chi connectivity index (χ1) is 10.4. The number of thioether (sulfide) groups is 1. The van der Waals surface area contributed by atoms with Crippen LogP contribution in [-0.2, 0) is 15.3 Å². The fourth-order valence-electron chi connectivity index (χ4n) is 2.07. The Bertz CT molecular complexity index is 503. The van der Waals surface area contributed by atoms with E-state index in [4.69, 9.17) is 0 Å². The molecule has 0 atom stereocenters. The normalized spacial score (nSPS) is 10.6. The molecule has 0 aliphatic rings. The first-order valence-electron chi connectivity index (χ1n) is 7.62. The van der Waals surface area contributed by atoms with E-state index < -0.39 is 0 Å². The van der Waals surface area contributed by atoms with Gasteiger partial charge in [0.05, 0.1) is 12.3 Å². The molecule has 22 heavy (non-hydrogen) atoms. The molecule has 0 fully saturated rings. The summed E-state index contributed by atoms with van der Waals surface area (Å²) in [4.78, 5) is 25.5. The highest BCUT2D eigenvalue weighted by Gasteiger charge is 2.15. The van der Waals surface area contributed by atoms with Gasteiger partial charge in [0, 0.05) is 18.3 Å². The van der Waals surface area contributed by atoms with Crippen LogP contribution in [0.15, 0.2) is 24.3 Å². The van der Waals surface area contributed by atoms with Gasteiger partial charge in [0.2, 0.25) is 11.8 Å². The molecule has 1 N–H and O–H groups in total. The number of likely N-dealkylation sites (N-methyl/N-ethyl adjacent to an activating group) is 1. The first kappa shape index (κ1) is 18.6. The van der Waals surface area contributed by atoms with Crippen molar-refractivity contribution in [3.63, 3.8) is 0 Å². The Morgan fingerprint density at radius 3 is 2.64 bits per heavy atom. The van der Waals surface area contributed by atoms with E-state index in [1.54, 1.807) is 16.7 Å². The third kappa shape index (κ3) is 6.98. The maximum Gasteiger partial charge on any atom is 0.239 e. The summed E-state index contributed by atoms with van der Waals surface area (Å²) >= 11 is 1.58. The standard InChI is InChI=1S/C17H26N2O2S/c1-5-19(10-16(20)18-13(2)3)17(21)12-22-11-15-8-6-7-14(4)9-15/h6-9,13H,5,10-12H2,1-4H3,(H,18,20). The van der Waals surface area contributed by atoms with Crippen LogP contribution >= 0.6 is 11.8 Å². The van der Waals surface area contributed by atoms with Crippen molar-refractivity contribution in [1.82, 2.24) is 10.2 Å². The number of hydrogen-bond donors (Lipinski definition) is 1. The maximum absolute atomic E-state index is 12.2. The SMILES string of the molecule is CCN(CC(=O)NC(C)C)C(=O)CSCc1cccc(C)c1. The lowest BCUT2D eigenvalue weighted by atomic mass is 10.2. The Morgan fingerprint density at radius 1 is 1.32 bits per heavy atom. The van der Waals surface area contributed by atoms with Crippen LogP contribution < -0.4 is 5.32 Å². The van der Waals surface area contributed by atoms with Gasteiger partial charge >= 0.3 is 0 Å². The van der Waals surface area contributed by atoms with E-state index in [9.17, 15) is 9.59 Å². The second-order valence-electron chi connectivity index (χ2n) is 5.61. The Kier molecular flexibility index (Phi) is 8.02. The van der Waals surface area contributed by atoms with Gasteiger partial charge in [-0.15, -0.1) is 11.8 Å². The molecule has 0 saturated carbocycles. The number of nitrogens with zero attached hydrogens (tertiary/aromatic N) is 1. The van der Waals surface area contributed by atoms with Crippen molar-refractivity contribution in [3.8, 4) is 0 Å². The topological polar surface area (TPSA) is 49.4 Å². The molecule has 4 nitrogen and oxygen atoms in total. The van der Waals surface area contributed by atoms with Crippen LogP contribution in [0.1, 0.15) is 31.9 Å². The highest BCUT2D eigenvalue weighted by atomic mass is 32.2.